The van der Waals surface area contributed by atoms with Crippen molar-refractivity contribution < 1.29 is 9.47 Å². The summed E-state index contributed by atoms with van der Waals surface area (Å²) in [7, 11) is 3.07. The van der Waals surface area contributed by atoms with Gasteiger partial charge < -0.3 is 20.2 Å². The van der Waals surface area contributed by atoms with Gasteiger partial charge in [-0.25, -0.2) is 9.97 Å². The molecule has 3 rings (SSSR count). The molecule has 0 amide bonds. The lowest BCUT2D eigenvalue weighted by atomic mass is 10.1. The molecule has 0 radical (unpaired) electrons. The van der Waals surface area contributed by atoms with E-state index in [4.69, 9.17) is 15.2 Å². The van der Waals surface area contributed by atoms with E-state index in [1.165, 1.54) is 13.4 Å². The molecule has 2 aromatic heterocycles. The van der Waals surface area contributed by atoms with Crippen molar-refractivity contribution in [2.75, 3.05) is 20.0 Å². The van der Waals surface area contributed by atoms with Crippen LogP contribution in [0.4, 0.5) is 5.82 Å². The highest BCUT2D eigenvalue weighted by Crippen LogP contribution is 2.33. The van der Waals surface area contributed by atoms with Crippen molar-refractivity contribution in [1.29, 1.82) is 0 Å². The first-order valence-electron chi connectivity index (χ1n) is 5.84. The van der Waals surface area contributed by atoms with Gasteiger partial charge >= 0.3 is 0 Å². The van der Waals surface area contributed by atoms with Crippen LogP contribution in [-0.2, 0) is 0 Å². The molecule has 0 fully saturated rings. The third-order valence-electron chi connectivity index (χ3n) is 3.13. The van der Waals surface area contributed by atoms with E-state index in [1.54, 1.807) is 19.2 Å². The van der Waals surface area contributed by atoms with E-state index in [9.17, 15) is 4.79 Å². The average Bonchev–Trinajstić information content (AvgIpc) is 2.46. The fourth-order valence-corrected chi connectivity index (χ4v) is 2.19. The van der Waals surface area contributed by atoms with Gasteiger partial charge in [0.25, 0.3) is 5.56 Å². The van der Waals surface area contributed by atoms with Gasteiger partial charge in [-0.2, -0.15) is 0 Å². The fourth-order valence-electron chi connectivity index (χ4n) is 2.19. The van der Waals surface area contributed by atoms with E-state index in [0.717, 1.165) is 0 Å². The maximum Gasteiger partial charge on any atom is 0.261 e. The minimum atomic E-state index is -0.335. The topological polar surface area (TPSA) is 103 Å². The standard InChI is InChI=1S/C13H12N4O3/c1-19-8-3-6-7(4-9(8)20-2)17-13(18)10-11(6)15-5-16-12(10)14/h3-5H,1-2H3,(H,17,18)(H2,14,15,16). The van der Waals surface area contributed by atoms with E-state index in [0.29, 0.717) is 27.9 Å². The summed E-state index contributed by atoms with van der Waals surface area (Å²) < 4.78 is 10.5. The van der Waals surface area contributed by atoms with Crippen molar-refractivity contribution in [3.8, 4) is 11.5 Å². The Hall–Kier alpha value is -2.83. The molecule has 0 saturated carbocycles. The molecule has 3 aromatic rings. The summed E-state index contributed by atoms with van der Waals surface area (Å²) in [6.45, 7) is 0. The monoisotopic (exact) mass is 272 g/mol. The number of anilines is 1. The molecule has 20 heavy (non-hydrogen) atoms. The molecule has 0 saturated heterocycles. The number of hydrogen-bond donors (Lipinski definition) is 2. The van der Waals surface area contributed by atoms with Crippen LogP contribution in [0.5, 0.6) is 11.5 Å². The predicted octanol–water partition coefficient (Wildman–Crippen LogP) is 1.07. The van der Waals surface area contributed by atoms with Crippen LogP contribution < -0.4 is 20.8 Å². The molecule has 3 N–H and O–H groups in total. The van der Waals surface area contributed by atoms with E-state index in [1.807, 2.05) is 0 Å². The Morgan fingerprint density at radius 1 is 1.15 bits per heavy atom. The summed E-state index contributed by atoms with van der Waals surface area (Å²) in [4.78, 5) is 22.8. The van der Waals surface area contributed by atoms with Gasteiger partial charge in [0.05, 0.1) is 25.3 Å². The van der Waals surface area contributed by atoms with Crippen molar-refractivity contribution in [2.24, 2.45) is 0 Å². The summed E-state index contributed by atoms with van der Waals surface area (Å²) in [6.07, 6.45) is 1.33. The molecule has 102 valence electrons. The molecule has 0 aliphatic heterocycles. The molecule has 0 unspecified atom stereocenters. The van der Waals surface area contributed by atoms with Crippen LogP contribution in [0.15, 0.2) is 23.3 Å². The highest BCUT2D eigenvalue weighted by Gasteiger charge is 2.13. The lowest BCUT2D eigenvalue weighted by molar-refractivity contribution is 0.356. The number of methoxy groups -OCH3 is 2. The predicted molar refractivity (Wildman–Crippen MR) is 75.2 cm³/mol. The zero-order valence-electron chi connectivity index (χ0n) is 10.9. The molecular weight excluding hydrogens is 260 g/mol. The highest BCUT2D eigenvalue weighted by atomic mass is 16.5. The van der Waals surface area contributed by atoms with Gasteiger partial charge in [-0.1, -0.05) is 0 Å². The number of pyridine rings is 1. The third kappa shape index (κ3) is 1.63. The fraction of sp³-hybridized carbons (Fsp3) is 0.154. The van der Waals surface area contributed by atoms with E-state index < -0.39 is 0 Å². The summed E-state index contributed by atoms with van der Waals surface area (Å²) in [5, 5.41) is 0.985. The first-order chi connectivity index (χ1) is 9.65. The number of aromatic amines is 1. The van der Waals surface area contributed by atoms with Gasteiger partial charge in [0.1, 0.15) is 17.5 Å². The van der Waals surface area contributed by atoms with Crippen molar-refractivity contribution in [1.82, 2.24) is 15.0 Å². The number of nitrogens with two attached hydrogens (primary N) is 1. The van der Waals surface area contributed by atoms with Crippen LogP contribution in [0.3, 0.4) is 0 Å². The van der Waals surface area contributed by atoms with E-state index in [-0.39, 0.29) is 16.8 Å². The Labute approximate surface area is 113 Å². The van der Waals surface area contributed by atoms with Crippen LogP contribution in [0.2, 0.25) is 0 Å². The molecule has 1 aromatic carbocycles. The Kier molecular flexibility index (Phi) is 2.67. The summed E-state index contributed by atoms with van der Waals surface area (Å²) in [5.74, 6) is 1.22. The lowest BCUT2D eigenvalue weighted by Gasteiger charge is -2.10. The van der Waals surface area contributed by atoms with Crippen LogP contribution in [0.25, 0.3) is 21.8 Å². The van der Waals surface area contributed by atoms with Crippen molar-refractivity contribution >= 4 is 27.6 Å². The lowest BCUT2D eigenvalue weighted by Crippen LogP contribution is -2.11. The number of rotatable bonds is 2. The Balaban J connectivity index is 2.54. The molecule has 0 aliphatic carbocycles. The number of fused-ring (bicyclic) bond motifs is 3. The van der Waals surface area contributed by atoms with Crippen LogP contribution >= 0.6 is 0 Å². The molecular formula is C13H12N4O3. The first kappa shape index (κ1) is 12.2. The second kappa shape index (κ2) is 4.37. The van der Waals surface area contributed by atoms with Gasteiger partial charge in [0.2, 0.25) is 0 Å². The summed E-state index contributed by atoms with van der Waals surface area (Å²) in [6, 6.07) is 3.44. The van der Waals surface area contributed by atoms with Gasteiger partial charge in [-0.15, -0.1) is 0 Å². The van der Waals surface area contributed by atoms with Crippen LogP contribution in [0.1, 0.15) is 0 Å². The normalized spacial score (nSPS) is 10.9. The largest absolute Gasteiger partial charge is 0.493 e. The quantitative estimate of drug-likeness (QED) is 0.676. The number of benzene rings is 1. The van der Waals surface area contributed by atoms with Gasteiger partial charge in [0, 0.05) is 11.5 Å². The molecule has 7 heteroatoms. The Morgan fingerprint density at radius 2 is 1.85 bits per heavy atom. The number of nitrogens with one attached hydrogen (secondary N) is 1. The van der Waals surface area contributed by atoms with Crippen LogP contribution in [-0.4, -0.2) is 29.2 Å². The number of nitrogen functional groups attached to an aromatic ring is 1. The molecule has 0 spiro atoms. The van der Waals surface area contributed by atoms with Crippen LogP contribution in [0, 0.1) is 0 Å². The van der Waals surface area contributed by atoms with Crippen molar-refractivity contribution in [3.63, 3.8) is 0 Å². The number of H-pyrrole nitrogens is 1. The SMILES string of the molecule is COc1cc2[nH]c(=O)c3c(N)ncnc3c2cc1OC. The third-order valence-corrected chi connectivity index (χ3v) is 3.13. The van der Waals surface area contributed by atoms with Gasteiger partial charge in [-0.3, -0.25) is 4.79 Å². The van der Waals surface area contributed by atoms with Crippen molar-refractivity contribution in [2.45, 2.75) is 0 Å². The molecule has 2 heterocycles. The van der Waals surface area contributed by atoms with E-state index in [2.05, 4.69) is 15.0 Å². The smallest absolute Gasteiger partial charge is 0.261 e. The average molecular weight is 272 g/mol. The first-order valence-corrected chi connectivity index (χ1v) is 5.84. The zero-order chi connectivity index (χ0) is 14.3. The van der Waals surface area contributed by atoms with Crippen molar-refractivity contribution in [3.05, 3.63) is 28.8 Å². The highest BCUT2D eigenvalue weighted by molar-refractivity contribution is 6.06. The minimum absolute atomic E-state index is 0.146. The molecule has 0 atom stereocenters. The number of ether oxygens (including phenoxy) is 2. The minimum Gasteiger partial charge on any atom is -0.493 e. The van der Waals surface area contributed by atoms with E-state index >= 15 is 0 Å². The summed E-state index contributed by atoms with van der Waals surface area (Å²) in [5.41, 5.74) is 6.49. The Bertz CT molecular complexity index is 873. The Morgan fingerprint density at radius 3 is 2.55 bits per heavy atom. The maximum atomic E-state index is 12.1. The number of hydrogen-bond acceptors (Lipinski definition) is 6. The summed E-state index contributed by atoms with van der Waals surface area (Å²) >= 11 is 0. The maximum absolute atomic E-state index is 12.1. The van der Waals surface area contributed by atoms with Gasteiger partial charge in [-0.05, 0) is 6.07 Å². The molecule has 0 aliphatic rings. The zero-order valence-corrected chi connectivity index (χ0v) is 10.9. The molecule has 0 bridgehead atoms. The van der Waals surface area contributed by atoms with Gasteiger partial charge in [0.15, 0.2) is 11.5 Å². The number of aromatic nitrogens is 3. The second-order valence-corrected chi connectivity index (χ2v) is 4.19. The number of nitrogens with zero attached hydrogens (tertiary/aromatic N) is 2. The second-order valence-electron chi connectivity index (χ2n) is 4.19. The molecule has 7 nitrogen and oxygen atoms in total.